The van der Waals surface area contributed by atoms with Gasteiger partial charge in [-0.2, -0.15) is 50.6 Å². The summed E-state index contributed by atoms with van der Waals surface area (Å²) in [5, 5.41) is 4.23. The molecule has 0 saturated carbocycles. The summed E-state index contributed by atoms with van der Waals surface area (Å²) < 4.78 is 39.9. The smallest absolute Gasteiger partial charge is 0.280 e. The lowest BCUT2D eigenvalue weighted by Crippen LogP contribution is -2.49. The van der Waals surface area contributed by atoms with E-state index in [0.29, 0.717) is 22.8 Å². The van der Waals surface area contributed by atoms with E-state index in [2.05, 4.69) is 15.1 Å². The Bertz CT molecular complexity index is 1320. The molecule has 6 rings (SSSR count). The fraction of sp³-hybridized carbons (Fsp3) is 0.417. The van der Waals surface area contributed by atoms with Gasteiger partial charge in [-0.25, -0.2) is 18.3 Å². The number of halogens is 2. The lowest BCUT2D eigenvalue weighted by atomic mass is 9.86. The van der Waals surface area contributed by atoms with Gasteiger partial charge >= 0.3 is 0 Å². The van der Waals surface area contributed by atoms with E-state index in [4.69, 9.17) is 9.47 Å². The summed E-state index contributed by atoms with van der Waals surface area (Å²) in [6, 6.07) is 7.01. The molecule has 2 aromatic heterocycles. The summed E-state index contributed by atoms with van der Waals surface area (Å²) in [5.74, 6) is 1.21. The van der Waals surface area contributed by atoms with Crippen molar-refractivity contribution in [2.75, 3.05) is 13.7 Å². The van der Waals surface area contributed by atoms with E-state index >= 15 is 0 Å². The molecule has 3 aliphatic heterocycles. The number of carbonyl (C=O) groups is 1. The van der Waals surface area contributed by atoms with E-state index in [1.807, 2.05) is 29.2 Å². The summed E-state index contributed by atoms with van der Waals surface area (Å²) in [6.07, 6.45) is 3.76. The van der Waals surface area contributed by atoms with Gasteiger partial charge in [-0.3, -0.25) is 4.79 Å². The molecule has 2 bridgehead atoms. The van der Waals surface area contributed by atoms with Gasteiger partial charge in [0.1, 0.15) is 18.6 Å². The van der Waals surface area contributed by atoms with Gasteiger partial charge in [0.25, 0.3) is 18.1 Å². The SMILES string of the molecule is COc1cccc2c1OCC(C(=O)N1[C@H]3CC[C@H](c4cc(C(F)F)nc5ncnn45)[C@@H]1CC3)=C2.S.S.S. The summed E-state index contributed by atoms with van der Waals surface area (Å²) in [6.45, 7) is 0.158. The van der Waals surface area contributed by atoms with Gasteiger partial charge in [0.05, 0.1) is 18.4 Å². The number of aromatic nitrogens is 4. The second-order valence-corrected chi connectivity index (χ2v) is 8.91. The number of benzene rings is 1. The predicted octanol–water partition coefficient (Wildman–Crippen LogP) is 4.12. The molecule has 2 saturated heterocycles. The number of hydrogen-bond acceptors (Lipinski definition) is 6. The third-order valence-electron chi connectivity index (χ3n) is 7.16. The number of ether oxygens (including phenoxy) is 2. The van der Waals surface area contributed by atoms with Crippen molar-refractivity contribution in [3.8, 4) is 11.5 Å². The summed E-state index contributed by atoms with van der Waals surface area (Å²) >= 11 is 0. The molecule has 0 unspecified atom stereocenters. The maximum atomic E-state index is 13.7. The Morgan fingerprint density at radius 3 is 2.70 bits per heavy atom. The zero-order valence-electron chi connectivity index (χ0n) is 20.0. The average Bonchev–Trinajstić information content (AvgIpc) is 3.45. The monoisotopic (exact) mass is 569 g/mol. The van der Waals surface area contributed by atoms with Crippen LogP contribution in [0.4, 0.5) is 8.78 Å². The van der Waals surface area contributed by atoms with E-state index in [0.717, 1.165) is 31.2 Å². The van der Waals surface area contributed by atoms with Gasteiger partial charge in [-0.15, -0.1) is 0 Å². The number of hydrogen-bond donors (Lipinski definition) is 0. The lowest BCUT2D eigenvalue weighted by Gasteiger charge is -2.41. The van der Waals surface area contributed by atoms with Crippen LogP contribution in [0.25, 0.3) is 11.9 Å². The molecular formula is C24H29F2N5O3S3. The van der Waals surface area contributed by atoms with Crippen molar-refractivity contribution in [3.63, 3.8) is 0 Å². The number of para-hydroxylation sites is 1. The molecule has 1 amide bonds. The van der Waals surface area contributed by atoms with Gasteiger partial charge < -0.3 is 14.4 Å². The number of alkyl halides is 2. The highest BCUT2D eigenvalue weighted by Crippen LogP contribution is 2.45. The highest BCUT2D eigenvalue weighted by Gasteiger charge is 2.47. The third-order valence-corrected chi connectivity index (χ3v) is 7.16. The van der Waals surface area contributed by atoms with Crippen LogP contribution < -0.4 is 9.47 Å². The van der Waals surface area contributed by atoms with Crippen LogP contribution in [0.1, 0.15) is 55.0 Å². The van der Waals surface area contributed by atoms with Crippen molar-refractivity contribution >= 4 is 58.2 Å². The van der Waals surface area contributed by atoms with Crippen molar-refractivity contribution < 1.29 is 23.0 Å². The molecule has 1 aromatic carbocycles. The summed E-state index contributed by atoms with van der Waals surface area (Å²) in [7, 11) is 1.58. The molecule has 5 heterocycles. The molecular weight excluding hydrogens is 540 g/mol. The van der Waals surface area contributed by atoms with Crippen molar-refractivity contribution in [1.82, 2.24) is 24.5 Å². The van der Waals surface area contributed by atoms with Gasteiger partial charge in [-0.05, 0) is 43.9 Å². The van der Waals surface area contributed by atoms with E-state index in [1.54, 1.807) is 7.11 Å². The summed E-state index contributed by atoms with van der Waals surface area (Å²) in [5.41, 5.74) is 1.69. The van der Waals surface area contributed by atoms with E-state index in [-0.39, 0.29) is 82.5 Å². The number of fused-ring (bicyclic) bond motifs is 4. The quantitative estimate of drug-likeness (QED) is 0.470. The van der Waals surface area contributed by atoms with Crippen molar-refractivity contribution in [3.05, 3.63) is 53.1 Å². The molecule has 13 heteroatoms. The molecule has 3 aliphatic rings. The molecule has 3 aromatic rings. The number of piperidine rings is 1. The number of rotatable bonds is 4. The first-order chi connectivity index (χ1) is 16.5. The number of amides is 1. The third kappa shape index (κ3) is 4.88. The Labute approximate surface area is 233 Å². The molecule has 0 N–H and O–H groups in total. The van der Waals surface area contributed by atoms with Gasteiger partial charge in [-0.1, -0.05) is 12.1 Å². The number of nitrogens with zero attached hydrogens (tertiary/aromatic N) is 5. The Morgan fingerprint density at radius 1 is 1.16 bits per heavy atom. The first-order valence-electron chi connectivity index (χ1n) is 11.4. The average molecular weight is 570 g/mol. The Morgan fingerprint density at radius 2 is 1.95 bits per heavy atom. The Kier molecular flexibility index (Phi) is 9.01. The van der Waals surface area contributed by atoms with Crippen molar-refractivity contribution in [2.45, 2.75) is 50.1 Å². The van der Waals surface area contributed by atoms with E-state index in [1.165, 1.54) is 16.9 Å². The van der Waals surface area contributed by atoms with Crippen LogP contribution in [0.3, 0.4) is 0 Å². The van der Waals surface area contributed by atoms with Gasteiger partial charge in [0, 0.05) is 23.6 Å². The Hall–Kier alpha value is -2.51. The highest BCUT2D eigenvalue weighted by molar-refractivity contribution is 7.59. The minimum Gasteiger partial charge on any atom is -0.493 e. The maximum Gasteiger partial charge on any atom is 0.280 e. The van der Waals surface area contributed by atoms with Gasteiger partial charge in [0.15, 0.2) is 11.5 Å². The normalized spacial score (nSPS) is 21.7. The fourth-order valence-corrected chi connectivity index (χ4v) is 5.68. The van der Waals surface area contributed by atoms with Crippen LogP contribution >= 0.6 is 40.5 Å². The fourth-order valence-electron chi connectivity index (χ4n) is 5.68. The highest BCUT2D eigenvalue weighted by atomic mass is 32.1. The van der Waals surface area contributed by atoms with Gasteiger partial charge in [0.2, 0.25) is 0 Å². The van der Waals surface area contributed by atoms with Crippen LogP contribution in [-0.4, -0.2) is 56.2 Å². The molecule has 2 fully saturated rings. The first-order valence-corrected chi connectivity index (χ1v) is 11.4. The molecule has 0 aliphatic carbocycles. The zero-order chi connectivity index (χ0) is 23.4. The number of methoxy groups -OCH3 is 1. The second-order valence-electron chi connectivity index (χ2n) is 8.91. The number of carbonyl (C=O) groups excluding carboxylic acids is 1. The van der Waals surface area contributed by atoms with Crippen LogP contribution in [0.5, 0.6) is 11.5 Å². The largest absolute Gasteiger partial charge is 0.493 e. The Balaban J connectivity index is 0.00000127. The minimum atomic E-state index is -2.71. The topological polar surface area (TPSA) is 81.9 Å². The lowest BCUT2D eigenvalue weighted by molar-refractivity contribution is -0.132. The molecule has 0 radical (unpaired) electrons. The second kappa shape index (κ2) is 11.5. The van der Waals surface area contributed by atoms with Crippen molar-refractivity contribution in [2.24, 2.45) is 0 Å². The van der Waals surface area contributed by atoms with Crippen molar-refractivity contribution in [1.29, 1.82) is 0 Å². The molecule has 8 nitrogen and oxygen atoms in total. The van der Waals surface area contributed by atoms with E-state index in [9.17, 15) is 13.6 Å². The molecule has 200 valence electrons. The maximum absolute atomic E-state index is 13.7. The van der Waals surface area contributed by atoms with Crippen LogP contribution in [0, 0.1) is 0 Å². The standard InChI is InChI=1S/C24H23F2N5O3.3H2S/c1-33-20-4-2-3-13-9-14(11-34-21(13)20)23(32)30-15-5-7-16(18(30)8-6-15)19-10-17(22(25)26)29-24-27-12-28-31(19)24;;;/h2-4,9-10,12,15-16,18,22H,5-8,11H2,1H3;3*1H2/t15-,16-,18-;;;/m0.../s1. The van der Waals surface area contributed by atoms with Crippen LogP contribution in [-0.2, 0) is 4.79 Å². The van der Waals surface area contributed by atoms with Crippen LogP contribution in [0.2, 0.25) is 0 Å². The molecule has 3 atom stereocenters. The molecule has 0 spiro atoms. The molecule has 37 heavy (non-hydrogen) atoms. The zero-order valence-corrected chi connectivity index (χ0v) is 23.0. The summed E-state index contributed by atoms with van der Waals surface area (Å²) in [4.78, 5) is 23.6. The minimum absolute atomic E-state index is 0. The van der Waals surface area contributed by atoms with Crippen LogP contribution in [0.15, 0.2) is 36.2 Å². The first kappa shape index (κ1) is 29.1. The van der Waals surface area contributed by atoms with E-state index < -0.39 is 6.43 Å². The predicted molar refractivity (Wildman–Crippen MR) is 149 cm³/mol.